The van der Waals surface area contributed by atoms with Crippen LogP contribution in [0, 0.1) is 10.1 Å². The zero-order valence-corrected chi connectivity index (χ0v) is 16.2. The maximum atomic E-state index is 12.4. The number of non-ortho nitro benzene ring substituents is 1. The third-order valence-corrected chi connectivity index (χ3v) is 5.40. The first kappa shape index (κ1) is 19.8. The summed E-state index contributed by atoms with van der Waals surface area (Å²) in [7, 11) is 0. The molecule has 0 aliphatic heterocycles. The molecule has 1 N–H and O–H groups in total. The smallest absolute Gasteiger partial charge is 0.269 e. The standard InChI is InChI=1S/C21H16ClNO4S/c22-12-11-16-13-15(3-8-19(16)24)20(25)9-6-18-7-10-21(28-18)14-1-4-17(5-2-14)23(26)27/h1-10,13,24H,11-12H2/b9-6-. The molecule has 0 aliphatic rings. The van der Waals surface area contributed by atoms with E-state index in [0.29, 0.717) is 23.4 Å². The second kappa shape index (κ2) is 8.82. The summed E-state index contributed by atoms with van der Waals surface area (Å²) < 4.78 is 0. The number of aromatic hydroxyl groups is 1. The molecule has 0 spiro atoms. The Balaban J connectivity index is 1.74. The highest BCUT2D eigenvalue weighted by Gasteiger charge is 2.09. The summed E-state index contributed by atoms with van der Waals surface area (Å²) >= 11 is 7.20. The van der Waals surface area contributed by atoms with Crippen LogP contribution in [0.15, 0.2) is 60.7 Å². The number of carbonyl (C=O) groups excluding carboxylic acids is 1. The van der Waals surface area contributed by atoms with Gasteiger partial charge >= 0.3 is 0 Å². The van der Waals surface area contributed by atoms with Crippen molar-refractivity contribution in [3.63, 3.8) is 0 Å². The molecule has 1 heterocycles. The van der Waals surface area contributed by atoms with E-state index in [2.05, 4.69) is 0 Å². The minimum atomic E-state index is -0.431. The van der Waals surface area contributed by atoms with E-state index in [-0.39, 0.29) is 17.2 Å². The van der Waals surface area contributed by atoms with E-state index in [1.807, 2.05) is 12.1 Å². The number of carbonyl (C=O) groups is 1. The van der Waals surface area contributed by atoms with E-state index in [1.54, 1.807) is 30.3 Å². The van der Waals surface area contributed by atoms with Gasteiger partial charge in [0.25, 0.3) is 5.69 Å². The Morgan fingerprint density at radius 1 is 1.14 bits per heavy atom. The van der Waals surface area contributed by atoms with Crippen molar-refractivity contribution in [2.75, 3.05) is 5.88 Å². The van der Waals surface area contributed by atoms with E-state index < -0.39 is 4.92 Å². The van der Waals surface area contributed by atoms with Crippen LogP contribution in [0.1, 0.15) is 20.8 Å². The van der Waals surface area contributed by atoms with E-state index in [1.165, 1.54) is 35.6 Å². The third-order valence-electron chi connectivity index (χ3n) is 4.12. The largest absolute Gasteiger partial charge is 0.508 e. The van der Waals surface area contributed by atoms with Gasteiger partial charge in [-0.3, -0.25) is 14.9 Å². The van der Waals surface area contributed by atoms with Gasteiger partial charge in [-0.1, -0.05) is 0 Å². The number of aryl methyl sites for hydroxylation is 1. The van der Waals surface area contributed by atoms with Gasteiger partial charge in [-0.25, -0.2) is 0 Å². The molecule has 0 atom stereocenters. The lowest BCUT2D eigenvalue weighted by Gasteiger charge is -2.04. The van der Waals surface area contributed by atoms with Gasteiger partial charge in [0.05, 0.1) is 4.92 Å². The number of nitro benzene ring substituents is 1. The van der Waals surface area contributed by atoms with E-state index in [4.69, 9.17) is 11.6 Å². The van der Waals surface area contributed by atoms with Crippen LogP contribution in [-0.4, -0.2) is 21.7 Å². The molecule has 2 aromatic carbocycles. The monoisotopic (exact) mass is 413 g/mol. The highest BCUT2D eigenvalue weighted by atomic mass is 35.5. The summed E-state index contributed by atoms with van der Waals surface area (Å²) in [5, 5.41) is 20.5. The quantitative estimate of drug-likeness (QED) is 0.177. The number of nitrogens with zero attached hydrogens (tertiary/aromatic N) is 1. The molecule has 3 aromatic rings. The normalized spacial score (nSPS) is 11.0. The Bertz CT molecular complexity index is 1040. The molecule has 28 heavy (non-hydrogen) atoms. The molecule has 1 aromatic heterocycles. The number of halogens is 1. The molecule has 0 aliphatic carbocycles. The zero-order valence-electron chi connectivity index (χ0n) is 14.7. The first-order valence-corrected chi connectivity index (χ1v) is 9.78. The molecule has 7 heteroatoms. The van der Waals surface area contributed by atoms with Gasteiger partial charge < -0.3 is 5.11 Å². The molecule has 0 saturated carbocycles. The van der Waals surface area contributed by atoms with Gasteiger partial charge in [0, 0.05) is 33.3 Å². The average Bonchev–Trinajstić information content (AvgIpc) is 3.17. The number of nitro groups is 1. The predicted octanol–water partition coefficient (Wildman–Crippen LogP) is 5.71. The summed E-state index contributed by atoms with van der Waals surface area (Å²) in [6, 6.07) is 14.9. The summed E-state index contributed by atoms with van der Waals surface area (Å²) in [5.41, 5.74) is 2.06. The number of alkyl halides is 1. The molecule has 0 unspecified atom stereocenters. The fraction of sp³-hybridized carbons (Fsp3) is 0.0952. The van der Waals surface area contributed by atoms with Crippen molar-refractivity contribution in [3.05, 3.63) is 86.8 Å². The van der Waals surface area contributed by atoms with Crippen molar-refractivity contribution in [1.29, 1.82) is 0 Å². The SMILES string of the molecule is O=C(/C=C\c1ccc(-c2ccc([N+](=O)[O-])cc2)s1)c1ccc(O)c(CCCl)c1. The predicted molar refractivity (Wildman–Crippen MR) is 112 cm³/mol. The van der Waals surface area contributed by atoms with E-state index in [0.717, 1.165) is 15.3 Å². The number of rotatable bonds is 7. The average molecular weight is 414 g/mol. The molecule has 0 saturated heterocycles. The zero-order chi connectivity index (χ0) is 20.1. The van der Waals surface area contributed by atoms with Crippen molar-refractivity contribution in [1.82, 2.24) is 0 Å². The molecule has 0 bridgehead atoms. The van der Waals surface area contributed by atoms with Crippen molar-refractivity contribution in [2.24, 2.45) is 0 Å². The van der Waals surface area contributed by atoms with Crippen LogP contribution in [0.25, 0.3) is 16.5 Å². The van der Waals surface area contributed by atoms with Crippen LogP contribution >= 0.6 is 22.9 Å². The van der Waals surface area contributed by atoms with Gasteiger partial charge in [-0.2, -0.15) is 0 Å². The number of benzene rings is 2. The molecular weight excluding hydrogens is 398 g/mol. The fourth-order valence-corrected chi connectivity index (χ4v) is 3.76. The Kier molecular flexibility index (Phi) is 6.23. The summed E-state index contributed by atoms with van der Waals surface area (Å²) in [6.07, 6.45) is 3.71. The molecular formula is C21H16ClNO4S. The van der Waals surface area contributed by atoms with Crippen molar-refractivity contribution in [2.45, 2.75) is 6.42 Å². The van der Waals surface area contributed by atoms with Crippen LogP contribution in [0.2, 0.25) is 0 Å². The van der Waals surface area contributed by atoms with Crippen LogP contribution < -0.4 is 0 Å². The van der Waals surface area contributed by atoms with E-state index >= 15 is 0 Å². The first-order valence-electron chi connectivity index (χ1n) is 8.43. The fourth-order valence-electron chi connectivity index (χ4n) is 2.64. The molecule has 0 fully saturated rings. The third kappa shape index (κ3) is 4.65. The van der Waals surface area contributed by atoms with Crippen LogP contribution in [0.4, 0.5) is 5.69 Å². The van der Waals surface area contributed by atoms with Crippen molar-refractivity contribution in [3.8, 4) is 16.2 Å². The summed E-state index contributed by atoms with van der Waals surface area (Å²) in [5.74, 6) is 0.329. The number of hydrogen-bond acceptors (Lipinski definition) is 5. The van der Waals surface area contributed by atoms with Gasteiger partial charge in [0.1, 0.15) is 5.75 Å². The highest BCUT2D eigenvalue weighted by Crippen LogP contribution is 2.30. The highest BCUT2D eigenvalue weighted by molar-refractivity contribution is 7.16. The topological polar surface area (TPSA) is 80.4 Å². The number of ketones is 1. The summed E-state index contributed by atoms with van der Waals surface area (Å²) in [6.45, 7) is 0. The molecule has 3 rings (SSSR count). The Morgan fingerprint density at radius 3 is 2.57 bits per heavy atom. The lowest BCUT2D eigenvalue weighted by molar-refractivity contribution is -0.384. The Labute approximate surface area is 170 Å². The number of allylic oxidation sites excluding steroid dienone is 1. The van der Waals surface area contributed by atoms with Crippen molar-refractivity contribution < 1.29 is 14.8 Å². The molecule has 5 nitrogen and oxygen atoms in total. The molecule has 142 valence electrons. The number of phenols is 1. The minimum absolute atomic E-state index is 0.0495. The van der Waals surface area contributed by atoms with Crippen molar-refractivity contribution >= 4 is 40.5 Å². The first-order chi connectivity index (χ1) is 13.5. The number of phenolic OH excluding ortho intramolecular Hbond substituents is 1. The lowest BCUT2D eigenvalue weighted by Crippen LogP contribution is -1.97. The van der Waals surface area contributed by atoms with Gasteiger partial charge in [-0.05, 0) is 72.2 Å². The number of thiophene rings is 1. The van der Waals surface area contributed by atoms with Gasteiger partial charge in [0.15, 0.2) is 5.78 Å². The van der Waals surface area contributed by atoms with Crippen LogP contribution in [0.5, 0.6) is 5.75 Å². The van der Waals surface area contributed by atoms with Gasteiger partial charge in [-0.15, -0.1) is 22.9 Å². The Hall–Kier alpha value is -2.96. The van der Waals surface area contributed by atoms with Crippen LogP contribution in [0.3, 0.4) is 0 Å². The second-order valence-corrected chi connectivity index (χ2v) is 7.48. The molecule has 0 amide bonds. The summed E-state index contributed by atoms with van der Waals surface area (Å²) in [4.78, 5) is 24.6. The Morgan fingerprint density at radius 2 is 1.89 bits per heavy atom. The maximum absolute atomic E-state index is 12.4. The number of hydrogen-bond donors (Lipinski definition) is 1. The minimum Gasteiger partial charge on any atom is -0.508 e. The van der Waals surface area contributed by atoms with Gasteiger partial charge in [0.2, 0.25) is 0 Å². The second-order valence-electron chi connectivity index (χ2n) is 5.99. The van der Waals surface area contributed by atoms with E-state index in [9.17, 15) is 20.0 Å². The molecule has 0 radical (unpaired) electrons. The lowest BCUT2D eigenvalue weighted by atomic mass is 10.0. The maximum Gasteiger partial charge on any atom is 0.269 e. The van der Waals surface area contributed by atoms with Crippen LogP contribution in [-0.2, 0) is 6.42 Å².